The lowest BCUT2D eigenvalue weighted by atomic mass is 10.3. The molecule has 0 saturated heterocycles. The number of aromatic nitrogens is 3. The van der Waals surface area contributed by atoms with Crippen molar-refractivity contribution in [1.82, 2.24) is 14.8 Å². The Balaban J connectivity index is 1.88. The van der Waals surface area contributed by atoms with Crippen molar-refractivity contribution in [1.29, 1.82) is 0 Å². The molecule has 0 unspecified atom stereocenters. The third-order valence-electron chi connectivity index (χ3n) is 2.43. The third-order valence-corrected chi connectivity index (χ3v) is 2.82. The highest BCUT2D eigenvalue weighted by molar-refractivity contribution is 6.30. The van der Waals surface area contributed by atoms with Crippen LogP contribution in [0.15, 0.2) is 30.7 Å². The highest BCUT2D eigenvalue weighted by atomic mass is 35.5. The monoisotopic (exact) mass is 264 g/mol. The molecule has 0 saturated carbocycles. The minimum Gasteiger partial charge on any atom is -0.325 e. The van der Waals surface area contributed by atoms with Crippen molar-refractivity contribution in [2.24, 2.45) is 0 Å². The van der Waals surface area contributed by atoms with Gasteiger partial charge in [-0.25, -0.2) is 4.98 Å². The molecule has 0 fully saturated rings. The molecular weight excluding hydrogens is 252 g/mol. The van der Waals surface area contributed by atoms with Crippen LogP contribution in [0.3, 0.4) is 0 Å². The topological polar surface area (TPSA) is 59.8 Å². The van der Waals surface area contributed by atoms with E-state index in [0.717, 1.165) is 5.56 Å². The number of hydrogen-bond acceptors (Lipinski definition) is 3. The normalized spacial score (nSPS) is 10.3. The van der Waals surface area contributed by atoms with E-state index in [-0.39, 0.29) is 5.91 Å². The van der Waals surface area contributed by atoms with Gasteiger partial charge < -0.3 is 5.32 Å². The van der Waals surface area contributed by atoms with E-state index in [1.54, 1.807) is 23.1 Å². The van der Waals surface area contributed by atoms with Gasteiger partial charge in [0.25, 0.3) is 0 Å². The van der Waals surface area contributed by atoms with Crippen LogP contribution in [0.5, 0.6) is 0 Å². The molecule has 2 rings (SSSR count). The lowest BCUT2D eigenvalue weighted by Crippen LogP contribution is -2.15. The van der Waals surface area contributed by atoms with Gasteiger partial charge in [-0.05, 0) is 24.6 Å². The van der Waals surface area contributed by atoms with Crippen LogP contribution in [0.1, 0.15) is 12.0 Å². The molecule has 6 heteroatoms. The van der Waals surface area contributed by atoms with Crippen molar-refractivity contribution in [3.63, 3.8) is 0 Å². The summed E-state index contributed by atoms with van der Waals surface area (Å²) in [5.41, 5.74) is 1.49. The van der Waals surface area contributed by atoms with E-state index in [9.17, 15) is 4.79 Å². The van der Waals surface area contributed by atoms with Crippen LogP contribution < -0.4 is 5.32 Å². The fraction of sp³-hybridized carbons (Fsp3) is 0.250. The van der Waals surface area contributed by atoms with E-state index in [1.807, 2.05) is 19.2 Å². The summed E-state index contributed by atoms with van der Waals surface area (Å²) in [6, 6.07) is 3.62. The van der Waals surface area contributed by atoms with Gasteiger partial charge in [0.05, 0.1) is 11.9 Å². The summed E-state index contributed by atoms with van der Waals surface area (Å²) in [5.74, 6) is -0.0750. The van der Waals surface area contributed by atoms with Crippen molar-refractivity contribution >= 4 is 23.2 Å². The number of pyridine rings is 1. The molecular formula is C12H13ClN4O. The Morgan fingerprint density at radius 3 is 3.06 bits per heavy atom. The van der Waals surface area contributed by atoms with Gasteiger partial charge in [-0.2, -0.15) is 5.10 Å². The van der Waals surface area contributed by atoms with E-state index in [2.05, 4.69) is 15.4 Å². The van der Waals surface area contributed by atoms with Gasteiger partial charge in [0.1, 0.15) is 5.15 Å². The molecule has 1 N–H and O–H groups in total. The van der Waals surface area contributed by atoms with Gasteiger partial charge in [-0.3, -0.25) is 9.48 Å². The maximum atomic E-state index is 11.7. The highest BCUT2D eigenvalue weighted by Crippen LogP contribution is 2.16. The Bertz CT molecular complexity index is 539. The van der Waals surface area contributed by atoms with Crippen LogP contribution in [0.25, 0.3) is 0 Å². The van der Waals surface area contributed by atoms with Gasteiger partial charge in [-0.1, -0.05) is 11.6 Å². The average molecular weight is 265 g/mol. The zero-order valence-corrected chi connectivity index (χ0v) is 10.7. The number of nitrogens with one attached hydrogen (secondary N) is 1. The summed E-state index contributed by atoms with van der Waals surface area (Å²) in [6.07, 6.45) is 5.41. The number of carbonyl (C=O) groups is 1. The second-order valence-electron chi connectivity index (χ2n) is 3.90. The van der Waals surface area contributed by atoms with E-state index >= 15 is 0 Å². The minimum atomic E-state index is -0.0750. The number of nitrogens with zero attached hydrogens (tertiary/aromatic N) is 3. The molecule has 2 aromatic heterocycles. The van der Waals surface area contributed by atoms with E-state index in [1.165, 1.54) is 0 Å². The first-order valence-electron chi connectivity index (χ1n) is 5.54. The summed E-state index contributed by atoms with van der Waals surface area (Å²) in [6.45, 7) is 2.40. The summed E-state index contributed by atoms with van der Waals surface area (Å²) < 4.78 is 1.71. The maximum Gasteiger partial charge on any atom is 0.226 e. The number of hydrogen-bond donors (Lipinski definition) is 1. The first-order valence-corrected chi connectivity index (χ1v) is 5.92. The standard InChI is InChI=1S/C12H13ClN4O/c1-9-7-10(8-14-12(9)13)16-11(18)3-6-17-5-2-4-15-17/h2,4-5,7-8H,3,6H2,1H3,(H,16,18). The molecule has 0 radical (unpaired) electrons. The van der Waals surface area contributed by atoms with Crippen molar-refractivity contribution < 1.29 is 4.79 Å². The van der Waals surface area contributed by atoms with Gasteiger partial charge >= 0.3 is 0 Å². The number of amides is 1. The number of carbonyl (C=O) groups excluding carboxylic acids is 1. The Labute approximate surface area is 110 Å². The van der Waals surface area contributed by atoms with Gasteiger partial charge in [0, 0.05) is 25.4 Å². The van der Waals surface area contributed by atoms with Crippen molar-refractivity contribution in [3.8, 4) is 0 Å². The Morgan fingerprint density at radius 1 is 1.56 bits per heavy atom. The molecule has 0 atom stereocenters. The second kappa shape index (κ2) is 5.64. The van der Waals surface area contributed by atoms with Crippen LogP contribution in [0, 0.1) is 6.92 Å². The summed E-state index contributed by atoms with van der Waals surface area (Å²) in [4.78, 5) is 15.7. The van der Waals surface area contributed by atoms with Crippen LogP contribution in [0.4, 0.5) is 5.69 Å². The maximum absolute atomic E-state index is 11.7. The summed E-state index contributed by atoms with van der Waals surface area (Å²) in [7, 11) is 0. The van der Waals surface area contributed by atoms with Crippen molar-refractivity contribution in [3.05, 3.63) is 41.4 Å². The smallest absolute Gasteiger partial charge is 0.226 e. The highest BCUT2D eigenvalue weighted by Gasteiger charge is 2.05. The summed E-state index contributed by atoms with van der Waals surface area (Å²) in [5, 5.41) is 7.25. The largest absolute Gasteiger partial charge is 0.325 e. The van der Waals surface area contributed by atoms with Crippen LogP contribution >= 0.6 is 11.6 Å². The zero-order chi connectivity index (χ0) is 13.0. The van der Waals surface area contributed by atoms with Gasteiger partial charge in [-0.15, -0.1) is 0 Å². The Kier molecular flexibility index (Phi) is 3.94. The Morgan fingerprint density at radius 2 is 2.39 bits per heavy atom. The average Bonchev–Trinajstić information content (AvgIpc) is 2.84. The first-order chi connectivity index (χ1) is 8.65. The fourth-order valence-corrected chi connectivity index (χ4v) is 1.60. The van der Waals surface area contributed by atoms with E-state index < -0.39 is 0 Å². The molecule has 2 heterocycles. The molecule has 0 aliphatic carbocycles. The SMILES string of the molecule is Cc1cc(NC(=O)CCn2cccn2)cnc1Cl. The number of halogens is 1. The Hall–Kier alpha value is -1.88. The molecule has 0 aromatic carbocycles. The molecule has 0 aliphatic rings. The minimum absolute atomic E-state index is 0.0750. The number of rotatable bonds is 4. The molecule has 94 valence electrons. The van der Waals surface area contributed by atoms with Gasteiger partial charge in [0.2, 0.25) is 5.91 Å². The molecule has 0 bridgehead atoms. The van der Waals surface area contributed by atoms with Crippen LogP contribution in [-0.2, 0) is 11.3 Å². The van der Waals surface area contributed by atoms with Crippen molar-refractivity contribution in [2.45, 2.75) is 19.9 Å². The third kappa shape index (κ3) is 3.30. The summed E-state index contributed by atoms with van der Waals surface area (Å²) >= 11 is 5.81. The van der Waals surface area contributed by atoms with Crippen molar-refractivity contribution in [2.75, 3.05) is 5.32 Å². The fourth-order valence-electron chi connectivity index (χ4n) is 1.50. The number of anilines is 1. The lowest BCUT2D eigenvalue weighted by molar-refractivity contribution is -0.116. The molecule has 2 aromatic rings. The van der Waals surface area contributed by atoms with Gasteiger partial charge in [0.15, 0.2) is 0 Å². The first kappa shape index (κ1) is 12.6. The molecule has 18 heavy (non-hydrogen) atoms. The van der Waals surface area contributed by atoms with E-state index in [4.69, 9.17) is 11.6 Å². The lowest BCUT2D eigenvalue weighted by Gasteiger charge is -2.06. The predicted molar refractivity (Wildman–Crippen MR) is 69.5 cm³/mol. The van der Waals surface area contributed by atoms with E-state index in [0.29, 0.717) is 23.8 Å². The molecule has 5 nitrogen and oxygen atoms in total. The van der Waals surface area contributed by atoms with Crippen LogP contribution in [-0.4, -0.2) is 20.7 Å². The molecule has 0 aliphatic heterocycles. The predicted octanol–water partition coefficient (Wildman–Crippen LogP) is 2.27. The van der Waals surface area contributed by atoms with Crippen LogP contribution in [0.2, 0.25) is 5.15 Å². The zero-order valence-electron chi connectivity index (χ0n) is 9.93. The number of aryl methyl sites for hydroxylation is 2. The quantitative estimate of drug-likeness (QED) is 0.862. The molecule has 1 amide bonds. The second-order valence-corrected chi connectivity index (χ2v) is 4.26. The molecule has 0 spiro atoms.